The lowest BCUT2D eigenvalue weighted by molar-refractivity contribution is -0.114. The summed E-state index contributed by atoms with van der Waals surface area (Å²) in [4.78, 5) is 23.1. The fraction of sp³-hybridized carbons (Fsp3) is 0.111. The zero-order valence-corrected chi connectivity index (χ0v) is 13.5. The molecular weight excluding hydrogens is 312 g/mol. The Balaban J connectivity index is 1.92. The zero-order valence-electron chi connectivity index (χ0n) is 12.7. The minimum atomic E-state index is -0.122. The van der Waals surface area contributed by atoms with Crippen LogP contribution in [-0.4, -0.2) is 11.7 Å². The minimum absolute atomic E-state index is 0.0333. The van der Waals surface area contributed by atoms with Gasteiger partial charge in [-0.15, -0.1) is 0 Å². The molecule has 0 aromatic heterocycles. The van der Waals surface area contributed by atoms with Crippen molar-refractivity contribution in [2.75, 3.05) is 10.6 Å². The number of nitrogens with one attached hydrogen (secondary N) is 2. The Bertz CT molecular complexity index is 722. The third-order valence-corrected chi connectivity index (χ3v) is 3.32. The Morgan fingerprint density at radius 1 is 0.957 bits per heavy atom. The van der Waals surface area contributed by atoms with Crippen molar-refractivity contribution in [3.8, 4) is 0 Å². The van der Waals surface area contributed by atoms with Gasteiger partial charge < -0.3 is 10.6 Å². The normalized spacial score (nSPS) is 10.0. The molecule has 5 heteroatoms. The summed E-state index contributed by atoms with van der Waals surface area (Å²) in [5, 5.41) is 6.37. The number of halogens is 1. The molecule has 2 N–H and O–H groups in total. The molecule has 0 aliphatic heterocycles. The molecule has 0 heterocycles. The summed E-state index contributed by atoms with van der Waals surface area (Å²) < 4.78 is 0. The van der Waals surface area contributed by atoms with Crippen LogP contribution in [0.3, 0.4) is 0 Å². The van der Waals surface area contributed by atoms with Gasteiger partial charge in [0.15, 0.2) is 5.78 Å². The van der Waals surface area contributed by atoms with E-state index in [1.807, 2.05) is 12.1 Å². The van der Waals surface area contributed by atoms with E-state index < -0.39 is 0 Å². The van der Waals surface area contributed by atoms with E-state index in [9.17, 15) is 9.59 Å². The van der Waals surface area contributed by atoms with Gasteiger partial charge in [0.2, 0.25) is 5.91 Å². The third-order valence-electron chi connectivity index (χ3n) is 3.07. The molecule has 0 unspecified atom stereocenters. The third kappa shape index (κ3) is 5.27. The number of amides is 1. The van der Waals surface area contributed by atoms with Crippen molar-refractivity contribution in [1.29, 1.82) is 0 Å². The molecule has 0 saturated carbocycles. The van der Waals surface area contributed by atoms with Gasteiger partial charge in [-0.25, -0.2) is 0 Å². The van der Waals surface area contributed by atoms with Gasteiger partial charge in [-0.05, 0) is 48.5 Å². The molecule has 0 fully saturated rings. The van der Waals surface area contributed by atoms with Crippen LogP contribution in [0.1, 0.15) is 23.7 Å². The van der Waals surface area contributed by atoms with Crippen molar-refractivity contribution >= 4 is 34.7 Å². The molecule has 0 bridgehead atoms. The van der Waals surface area contributed by atoms with Crippen molar-refractivity contribution in [3.05, 3.63) is 71.4 Å². The molecule has 2 aromatic rings. The van der Waals surface area contributed by atoms with E-state index in [1.165, 1.54) is 6.92 Å². The standard InChI is InChI=1S/C18H17ClN2O2/c1-12(11-18(23)14-3-5-15(19)6-4-14)20-16-7-9-17(10-8-16)21-13(2)22/h3-10,20H,1,11H2,2H3,(H,21,22). The number of hydrogen-bond acceptors (Lipinski definition) is 3. The first-order chi connectivity index (χ1) is 10.9. The molecule has 118 valence electrons. The van der Waals surface area contributed by atoms with Gasteiger partial charge in [-0.1, -0.05) is 18.2 Å². The second-order valence-electron chi connectivity index (χ2n) is 5.09. The van der Waals surface area contributed by atoms with E-state index >= 15 is 0 Å². The summed E-state index contributed by atoms with van der Waals surface area (Å²) in [5.41, 5.74) is 2.70. The Hall–Kier alpha value is -2.59. The fourth-order valence-electron chi connectivity index (χ4n) is 2.02. The number of benzene rings is 2. The van der Waals surface area contributed by atoms with Crippen molar-refractivity contribution in [3.63, 3.8) is 0 Å². The maximum Gasteiger partial charge on any atom is 0.221 e. The van der Waals surface area contributed by atoms with E-state index in [4.69, 9.17) is 11.6 Å². The van der Waals surface area contributed by atoms with Crippen LogP contribution in [0.4, 0.5) is 11.4 Å². The van der Waals surface area contributed by atoms with Crippen LogP contribution in [-0.2, 0) is 4.79 Å². The lowest BCUT2D eigenvalue weighted by Gasteiger charge is -2.10. The highest BCUT2D eigenvalue weighted by molar-refractivity contribution is 6.30. The quantitative estimate of drug-likeness (QED) is 0.768. The molecule has 4 nitrogen and oxygen atoms in total. The summed E-state index contributed by atoms with van der Waals surface area (Å²) in [6.07, 6.45) is 0.190. The number of allylic oxidation sites excluding steroid dienone is 1. The molecule has 0 saturated heterocycles. The maximum absolute atomic E-state index is 12.1. The highest BCUT2D eigenvalue weighted by Gasteiger charge is 2.08. The van der Waals surface area contributed by atoms with Crippen LogP contribution in [0.5, 0.6) is 0 Å². The molecule has 2 aromatic carbocycles. The number of carbonyl (C=O) groups is 2. The van der Waals surface area contributed by atoms with Gasteiger partial charge in [-0.3, -0.25) is 9.59 Å². The lowest BCUT2D eigenvalue weighted by atomic mass is 10.1. The number of hydrogen-bond donors (Lipinski definition) is 2. The van der Waals surface area contributed by atoms with Gasteiger partial charge in [0.1, 0.15) is 0 Å². The molecule has 2 rings (SSSR count). The van der Waals surface area contributed by atoms with Gasteiger partial charge in [0.05, 0.1) is 6.42 Å². The Morgan fingerprint density at radius 2 is 1.48 bits per heavy atom. The molecule has 1 amide bonds. The van der Waals surface area contributed by atoms with E-state index in [2.05, 4.69) is 17.2 Å². The first-order valence-electron chi connectivity index (χ1n) is 7.05. The average Bonchev–Trinajstić information content (AvgIpc) is 2.49. The van der Waals surface area contributed by atoms with Gasteiger partial charge in [0.25, 0.3) is 0 Å². The van der Waals surface area contributed by atoms with Crippen molar-refractivity contribution in [2.24, 2.45) is 0 Å². The Kier molecular flexibility index (Phi) is 5.55. The smallest absolute Gasteiger partial charge is 0.221 e. The predicted molar refractivity (Wildman–Crippen MR) is 93.9 cm³/mol. The first-order valence-corrected chi connectivity index (χ1v) is 7.43. The Labute approximate surface area is 140 Å². The van der Waals surface area contributed by atoms with Crippen molar-refractivity contribution < 1.29 is 9.59 Å². The summed E-state index contributed by atoms with van der Waals surface area (Å²) in [6, 6.07) is 13.9. The summed E-state index contributed by atoms with van der Waals surface area (Å²) >= 11 is 5.81. The van der Waals surface area contributed by atoms with Crippen molar-refractivity contribution in [2.45, 2.75) is 13.3 Å². The SMILES string of the molecule is C=C(CC(=O)c1ccc(Cl)cc1)Nc1ccc(NC(C)=O)cc1. The lowest BCUT2D eigenvalue weighted by Crippen LogP contribution is -2.07. The largest absolute Gasteiger partial charge is 0.359 e. The molecular formula is C18H17ClN2O2. The highest BCUT2D eigenvalue weighted by atomic mass is 35.5. The molecule has 0 aliphatic carbocycles. The van der Waals surface area contributed by atoms with Crippen LogP contribution in [0.2, 0.25) is 5.02 Å². The van der Waals surface area contributed by atoms with E-state index in [0.29, 0.717) is 22.0 Å². The van der Waals surface area contributed by atoms with Crippen LogP contribution < -0.4 is 10.6 Å². The van der Waals surface area contributed by atoms with Crippen LogP contribution in [0.15, 0.2) is 60.8 Å². The number of Topliss-reactive ketones (excluding diaryl/α,β-unsaturated/α-hetero) is 1. The van der Waals surface area contributed by atoms with Crippen LogP contribution >= 0.6 is 11.6 Å². The average molecular weight is 329 g/mol. The van der Waals surface area contributed by atoms with E-state index in [0.717, 1.165) is 5.69 Å². The van der Waals surface area contributed by atoms with Crippen molar-refractivity contribution in [1.82, 2.24) is 0 Å². The fourth-order valence-corrected chi connectivity index (χ4v) is 2.15. The minimum Gasteiger partial charge on any atom is -0.359 e. The summed E-state index contributed by atoms with van der Waals surface area (Å²) in [7, 11) is 0. The number of carbonyl (C=O) groups excluding carboxylic acids is 2. The molecule has 0 aliphatic rings. The second-order valence-corrected chi connectivity index (χ2v) is 5.53. The number of ketones is 1. The van der Waals surface area contributed by atoms with Crippen LogP contribution in [0.25, 0.3) is 0 Å². The van der Waals surface area contributed by atoms with E-state index in [-0.39, 0.29) is 18.1 Å². The topological polar surface area (TPSA) is 58.2 Å². The van der Waals surface area contributed by atoms with Gasteiger partial charge >= 0.3 is 0 Å². The Morgan fingerprint density at radius 3 is 2.00 bits per heavy atom. The van der Waals surface area contributed by atoms with Gasteiger partial charge in [-0.2, -0.15) is 0 Å². The molecule has 0 radical (unpaired) electrons. The summed E-state index contributed by atoms with van der Waals surface area (Å²) in [5.74, 6) is -0.155. The second kappa shape index (κ2) is 7.61. The van der Waals surface area contributed by atoms with Gasteiger partial charge in [0, 0.05) is 34.6 Å². The number of rotatable bonds is 6. The molecule has 23 heavy (non-hydrogen) atoms. The monoisotopic (exact) mass is 328 g/mol. The molecule has 0 atom stereocenters. The first kappa shape index (κ1) is 16.8. The predicted octanol–water partition coefficient (Wildman–Crippen LogP) is 4.50. The zero-order chi connectivity index (χ0) is 16.8. The maximum atomic E-state index is 12.1. The van der Waals surface area contributed by atoms with E-state index in [1.54, 1.807) is 36.4 Å². The summed E-state index contributed by atoms with van der Waals surface area (Å²) in [6.45, 7) is 5.33. The highest BCUT2D eigenvalue weighted by Crippen LogP contribution is 2.17. The molecule has 0 spiro atoms. The van der Waals surface area contributed by atoms with Crippen LogP contribution in [0, 0.1) is 0 Å². The number of anilines is 2.